The molecule has 0 saturated carbocycles. The van der Waals surface area contributed by atoms with Gasteiger partial charge in [-0.05, 0) is 30.7 Å². The quantitative estimate of drug-likeness (QED) is 0.907. The van der Waals surface area contributed by atoms with Gasteiger partial charge in [-0.15, -0.1) is 0 Å². The standard InChI is InChI=1S/C16H18N4O/c1-19(15-5-2-4-13(10-15)11-17)8-3-9-20-12-14(18)6-7-16(20)21/h2,4-7,10,12H,3,8-9,18H2,1H3. The van der Waals surface area contributed by atoms with Crippen LogP contribution in [0.4, 0.5) is 11.4 Å². The molecule has 2 rings (SSSR count). The van der Waals surface area contributed by atoms with E-state index in [0.717, 1.165) is 18.7 Å². The Morgan fingerprint density at radius 2 is 2.14 bits per heavy atom. The maximum atomic E-state index is 11.7. The van der Waals surface area contributed by atoms with Crippen LogP contribution in [0.1, 0.15) is 12.0 Å². The Labute approximate surface area is 123 Å². The lowest BCUT2D eigenvalue weighted by molar-refractivity contribution is 0.620. The van der Waals surface area contributed by atoms with Crippen molar-refractivity contribution in [3.63, 3.8) is 0 Å². The van der Waals surface area contributed by atoms with E-state index in [0.29, 0.717) is 17.8 Å². The largest absolute Gasteiger partial charge is 0.398 e. The highest BCUT2D eigenvalue weighted by Gasteiger charge is 2.03. The number of pyridine rings is 1. The van der Waals surface area contributed by atoms with Crippen molar-refractivity contribution in [2.45, 2.75) is 13.0 Å². The first-order valence-electron chi connectivity index (χ1n) is 6.77. The molecule has 0 aliphatic carbocycles. The SMILES string of the molecule is CN(CCCn1cc(N)ccc1=O)c1cccc(C#N)c1. The van der Waals surface area contributed by atoms with Gasteiger partial charge in [-0.1, -0.05) is 6.07 Å². The molecular formula is C16H18N4O. The lowest BCUT2D eigenvalue weighted by Crippen LogP contribution is -2.24. The first-order chi connectivity index (χ1) is 10.1. The number of benzene rings is 1. The van der Waals surface area contributed by atoms with Crippen LogP contribution in [0, 0.1) is 11.3 Å². The van der Waals surface area contributed by atoms with Crippen molar-refractivity contribution in [1.29, 1.82) is 5.26 Å². The lowest BCUT2D eigenvalue weighted by atomic mass is 10.2. The zero-order valence-electron chi connectivity index (χ0n) is 12.0. The topological polar surface area (TPSA) is 75.0 Å². The van der Waals surface area contributed by atoms with Crippen LogP contribution in [0.25, 0.3) is 0 Å². The Kier molecular flexibility index (Phi) is 4.62. The molecule has 0 spiro atoms. The minimum atomic E-state index is -0.0432. The summed E-state index contributed by atoms with van der Waals surface area (Å²) in [6.07, 6.45) is 2.48. The molecule has 0 radical (unpaired) electrons. The van der Waals surface area contributed by atoms with Crippen molar-refractivity contribution < 1.29 is 0 Å². The van der Waals surface area contributed by atoms with Crippen LogP contribution in [0.5, 0.6) is 0 Å². The molecule has 1 aromatic carbocycles. The lowest BCUT2D eigenvalue weighted by Gasteiger charge is -2.19. The average Bonchev–Trinajstić information content (AvgIpc) is 2.50. The first-order valence-corrected chi connectivity index (χ1v) is 6.77. The Hall–Kier alpha value is -2.74. The summed E-state index contributed by atoms with van der Waals surface area (Å²) in [5.74, 6) is 0. The minimum absolute atomic E-state index is 0.0432. The monoisotopic (exact) mass is 282 g/mol. The fraction of sp³-hybridized carbons (Fsp3) is 0.250. The molecule has 0 saturated heterocycles. The zero-order chi connectivity index (χ0) is 15.2. The summed E-state index contributed by atoms with van der Waals surface area (Å²) >= 11 is 0. The predicted octanol–water partition coefficient (Wildman–Crippen LogP) is 1.83. The number of nitriles is 1. The third-order valence-corrected chi connectivity index (χ3v) is 3.31. The van der Waals surface area contributed by atoms with Crippen LogP contribution in [0.2, 0.25) is 0 Å². The third kappa shape index (κ3) is 3.86. The van der Waals surface area contributed by atoms with E-state index < -0.39 is 0 Å². The molecule has 5 nitrogen and oxygen atoms in total. The van der Waals surface area contributed by atoms with E-state index >= 15 is 0 Å². The Balaban J connectivity index is 1.95. The number of anilines is 2. The number of rotatable bonds is 5. The molecule has 0 bridgehead atoms. The van der Waals surface area contributed by atoms with E-state index in [2.05, 4.69) is 11.0 Å². The Morgan fingerprint density at radius 1 is 1.33 bits per heavy atom. The summed E-state index contributed by atoms with van der Waals surface area (Å²) < 4.78 is 1.62. The molecular weight excluding hydrogens is 264 g/mol. The molecule has 0 aliphatic heterocycles. The smallest absolute Gasteiger partial charge is 0.250 e. The van der Waals surface area contributed by atoms with Gasteiger partial charge >= 0.3 is 0 Å². The van der Waals surface area contributed by atoms with Gasteiger partial charge in [0.15, 0.2) is 0 Å². The number of nitrogen functional groups attached to an aromatic ring is 1. The molecule has 0 aliphatic rings. The molecule has 2 aromatic rings. The average molecular weight is 282 g/mol. The summed E-state index contributed by atoms with van der Waals surface area (Å²) in [5.41, 5.74) is 7.86. The number of nitrogens with zero attached hydrogens (tertiary/aromatic N) is 3. The second-order valence-electron chi connectivity index (χ2n) is 4.93. The molecule has 0 amide bonds. The highest BCUT2D eigenvalue weighted by atomic mass is 16.1. The Bertz CT molecular complexity index is 715. The van der Waals surface area contributed by atoms with Gasteiger partial charge in [0, 0.05) is 43.8 Å². The molecule has 108 valence electrons. The van der Waals surface area contributed by atoms with Crippen molar-refractivity contribution in [3.05, 3.63) is 58.5 Å². The van der Waals surface area contributed by atoms with Gasteiger partial charge in [-0.25, -0.2) is 0 Å². The second-order valence-corrected chi connectivity index (χ2v) is 4.93. The molecule has 21 heavy (non-hydrogen) atoms. The van der Waals surface area contributed by atoms with Gasteiger partial charge < -0.3 is 15.2 Å². The first kappa shape index (κ1) is 14.7. The molecule has 0 atom stereocenters. The minimum Gasteiger partial charge on any atom is -0.398 e. The second kappa shape index (κ2) is 6.62. The van der Waals surface area contributed by atoms with Crippen molar-refractivity contribution >= 4 is 11.4 Å². The fourth-order valence-corrected chi connectivity index (χ4v) is 2.14. The molecule has 1 aromatic heterocycles. The molecule has 1 heterocycles. The number of hydrogen-bond acceptors (Lipinski definition) is 4. The maximum Gasteiger partial charge on any atom is 0.250 e. The van der Waals surface area contributed by atoms with E-state index in [9.17, 15) is 4.79 Å². The van der Waals surface area contributed by atoms with E-state index in [1.165, 1.54) is 6.07 Å². The van der Waals surface area contributed by atoms with Crippen LogP contribution >= 0.6 is 0 Å². The van der Waals surface area contributed by atoms with E-state index in [1.54, 1.807) is 22.9 Å². The van der Waals surface area contributed by atoms with Gasteiger partial charge in [-0.3, -0.25) is 4.79 Å². The summed E-state index contributed by atoms with van der Waals surface area (Å²) in [6, 6.07) is 12.7. The highest BCUT2D eigenvalue weighted by Crippen LogP contribution is 2.14. The Morgan fingerprint density at radius 3 is 2.90 bits per heavy atom. The summed E-state index contributed by atoms with van der Waals surface area (Å²) in [5, 5.41) is 8.91. The van der Waals surface area contributed by atoms with Gasteiger partial charge in [0.25, 0.3) is 5.56 Å². The molecule has 5 heteroatoms. The van der Waals surface area contributed by atoms with Crippen molar-refractivity contribution in [2.75, 3.05) is 24.2 Å². The number of nitrogens with two attached hydrogens (primary N) is 1. The van der Waals surface area contributed by atoms with Crippen LogP contribution < -0.4 is 16.2 Å². The van der Waals surface area contributed by atoms with Gasteiger partial charge in [0.2, 0.25) is 0 Å². The fourth-order valence-electron chi connectivity index (χ4n) is 2.14. The highest BCUT2D eigenvalue weighted by molar-refractivity contribution is 5.50. The number of aromatic nitrogens is 1. The summed E-state index contributed by atoms with van der Waals surface area (Å²) in [4.78, 5) is 13.7. The van der Waals surface area contributed by atoms with E-state index in [4.69, 9.17) is 11.0 Å². The third-order valence-electron chi connectivity index (χ3n) is 3.31. The van der Waals surface area contributed by atoms with Gasteiger partial charge in [0.1, 0.15) is 0 Å². The van der Waals surface area contributed by atoms with E-state index in [-0.39, 0.29) is 5.56 Å². The van der Waals surface area contributed by atoms with Gasteiger partial charge in [0.05, 0.1) is 11.6 Å². The summed E-state index contributed by atoms with van der Waals surface area (Å²) in [7, 11) is 1.97. The molecule has 0 fully saturated rings. The van der Waals surface area contributed by atoms with E-state index in [1.807, 2.05) is 25.2 Å². The number of hydrogen-bond donors (Lipinski definition) is 1. The normalized spacial score (nSPS) is 10.1. The number of aryl methyl sites for hydroxylation is 1. The van der Waals surface area contributed by atoms with Gasteiger partial charge in [-0.2, -0.15) is 5.26 Å². The maximum absolute atomic E-state index is 11.7. The zero-order valence-corrected chi connectivity index (χ0v) is 12.0. The molecule has 0 unspecified atom stereocenters. The molecule has 2 N–H and O–H groups in total. The van der Waals surface area contributed by atoms with Crippen molar-refractivity contribution in [2.24, 2.45) is 0 Å². The van der Waals surface area contributed by atoms with Crippen LogP contribution in [-0.2, 0) is 6.54 Å². The van der Waals surface area contributed by atoms with Crippen molar-refractivity contribution in [1.82, 2.24) is 4.57 Å². The van der Waals surface area contributed by atoms with Crippen LogP contribution in [-0.4, -0.2) is 18.2 Å². The van der Waals surface area contributed by atoms with Crippen molar-refractivity contribution in [3.8, 4) is 6.07 Å². The van der Waals surface area contributed by atoms with Crippen LogP contribution in [0.3, 0.4) is 0 Å². The predicted molar refractivity (Wildman–Crippen MR) is 84.2 cm³/mol. The van der Waals surface area contributed by atoms with Crippen LogP contribution in [0.15, 0.2) is 47.4 Å². The summed E-state index contributed by atoms with van der Waals surface area (Å²) in [6.45, 7) is 1.41.